The standard InChI is InChI=1S/C62H44N2/c1-37-39(3)63(59-35-33-51(49-21-9-11-23-55(49)59)47-25-13-17-41-15-5-7-19-45(41)47)61-43(37)27-29-53-54-30-28-44-38(2)40(4)64(62(44)58(54)32-31-57(53)61)60-36-34-52(50-22-10-12-24-56(50)60)48-26-14-18-42-16-6-8-20-46(42)48/h5-36H,1-4H3. The van der Waals surface area contributed by atoms with Crippen LogP contribution in [0.2, 0.25) is 0 Å². The van der Waals surface area contributed by atoms with Gasteiger partial charge in [0.15, 0.2) is 0 Å². The van der Waals surface area contributed by atoms with Gasteiger partial charge in [0.1, 0.15) is 0 Å². The van der Waals surface area contributed by atoms with Gasteiger partial charge in [0.25, 0.3) is 0 Å². The first kappa shape index (κ1) is 36.7. The first-order chi connectivity index (χ1) is 31.5. The summed E-state index contributed by atoms with van der Waals surface area (Å²) in [6.45, 7) is 9.14. The molecule has 0 aliphatic heterocycles. The highest BCUT2D eigenvalue weighted by atomic mass is 15.0. The van der Waals surface area contributed by atoms with Gasteiger partial charge < -0.3 is 9.13 Å². The zero-order valence-corrected chi connectivity index (χ0v) is 36.4. The van der Waals surface area contributed by atoms with E-state index in [2.05, 4.69) is 231 Å². The molecule has 2 heterocycles. The third-order valence-electron chi connectivity index (χ3n) is 14.6. The molecular weight excluding hydrogens is 773 g/mol. The van der Waals surface area contributed by atoms with E-state index < -0.39 is 0 Å². The summed E-state index contributed by atoms with van der Waals surface area (Å²) in [5.74, 6) is 0. The van der Waals surface area contributed by atoms with Crippen LogP contribution in [0, 0.1) is 27.7 Å². The van der Waals surface area contributed by atoms with Crippen molar-refractivity contribution in [2.24, 2.45) is 0 Å². The summed E-state index contributed by atoms with van der Waals surface area (Å²) in [4.78, 5) is 0. The Morgan fingerprint density at radius 2 is 0.562 bits per heavy atom. The molecule has 0 saturated carbocycles. The third-order valence-corrected chi connectivity index (χ3v) is 14.6. The van der Waals surface area contributed by atoms with Crippen molar-refractivity contribution in [2.75, 3.05) is 0 Å². The lowest BCUT2D eigenvalue weighted by molar-refractivity contribution is 1.05. The smallest absolute Gasteiger partial charge is 0.0612 e. The molecule has 11 aromatic carbocycles. The van der Waals surface area contributed by atoms with Crippen LogP contribution in [0.5, 0.6) is 0 Å². The Bertz CT molecular complexity index is 3840. The molecule has 2 nitrogen and oxygen atoms in total. The summed E-state index contributed by atoms with van der Waals surface area (Å²) in [5, 5.41) is 17.7. The predicted octanol–water partition coefficient (Wildman–Crippen LogP) is 17.1. The molecule has 0 aliphatic carbocycles. The zero-order valence-electron chi connectivity index (χ0n) is 36.4. The number of rotatable bonds is 4. The summed E-state index contributed by atoms with van der Waals surface area (Å²) in [6, 6.07) is 72.3. The number of aryl methyl sites for hydroxylation is 2. The van der Waals surface area contributed by atoms with Gasteiger partial charge in [0.05, 0.1) is 22.4 Å². The fourth-order valence-electron chi connectivity index (χ4n) is 11.3. The van der Waals surface area contributed by atoms with Gasteiger partial charge in [-0.1, -0.05) is 182 Å². The molecule has 0 bridgehead atoms. The SMILES string of the molecule is Cc1c(C)n(-c2ccc(-c3cccc4ccccc34)c3ccccc23)c2c1ccc1c3ccc4c(C)c(C)n(-c5ccc(-c6cccc7ccccc67)c6ccccc56)c4c3ccc12. The topological polar surface area (TPSA) is 9.86 Å². The molecule has 0 unspecified atom stereocenters. The average molecular weight is 817 g/mol. The van der Waals surface area contributed by atoms with Crippen LogP contribution in [-0.4, -0.2) is 9.13 Å². The van der Waals surface area contributed by atoms with E-state index in [0.29, 0.717) is 0 Å². The first-order valence-electron chi connectivity index (χ1n) is 22.4. The maximum Gasteiger partial charge on any atom is 0.0612 e. The monoisotopic (exact) mass is 816 g/mol. The second-order valence-electron chi connectivity index (χ2n) is 17.7. The third kappa shape index (κ3) is 5.08. The van der Waals surface area contributed by atoms with E-state index in [1.54, 1.807) is 0 Å². The molecule has 0 atom stereocenters. The minimum absolute atomic E-state index is 1.21. The Kier molecular flexibility index (Phi) is 7.90. The van der Waals surface area contributed by atoms with Crippen LogP contribution in [0.4, 0.5) is 0 Å². The van der Waals surface area contributed by atoms with Crippen molar-refractivity contribution >= 4 is 86.4 Å². The van der Waals surface area contributed by atoms with Crippen LogP contribution in [0.15, 0.2) is 194 Å². The highest BCUT2D eigenvalue weighted by Crippen LogP contribution is 2.45. The molecule has 64 heavy (non-hydrogen) atoms. The van der Waals surface area contributed by atoms with Crippen molar-refractivity contribution in [1.82, 2.24) is 9.13 Å². The van der Waals surface area contributed by atoms with E-state index in [1.807, 2.05) is 0 Å². The molecule has 2 heteroatoms. The molecule has 302 valence electrons. The Labute approximate surface area is 371 Å². The van der Waals surface area contributed by atoms with Crippen LogP contribution in [0.1, 0.15) is 22.5 Å². The van der Waals surface area contributed by atoms with Crippen molar-refractivity contribution in [1.29, 1.82) is 0 Å². The van der Waals surface area contributed by atoms with E-state index in [9.17, 15) is 0 Å². The van der Waals surface area contributed by atoms with Crippen molar-refractivity contribution in [2.45, 2.75) is 27.7 Å². The number of aromatic nitrogens is 2. The minimum atomic E-state index is 1.21. The van der Waals surface area contributed by atoms with E-state index in [0.717, 1.165) is 0 Å². The largest absolute Gasteiger partial charge is 0.312 e. The molecule has 13 aromatic rings. The maximum atomic E-state index is 2.53. The van der Waals surface area contributed by atoms with Gasteiger partial charge in [-0.2, -0.15) is 0 Å². The lowest BCUT2D eigenvalue weighted by Crippen LogP contribution is -2.00. The Morgan fingerprint density at radius 1 is 0.234 bits per heavy atom. The van der Waals surface area contributed by atoms with Gasteiger partial charge in [0.2, 0.25) is 0 Å². The normalized spacial score (nSPS) is 12.1. The predicted molar refractivity (Wildman–Crippen MR) is 275 cm³/mol. The van der Waals surface area contributed by atoms with Gasteiger partial charge in [0, 0.05) is 43.7 Å². The summed E-state index contributed by atoms with van der Waals surface area (Å²) < 4.78 is 5.07. The van der Waals surface area contributed by atoms with Gasteiger partial charge in [-0.3, -0.25) is 0 Å². The van der Waals surface area contributed by atoms with Crippen LogP contribution in [0.3, 0.4) is 0 Å². The lowest BCUT2D eigenvalue weighted by Gasteiger charge is -2.18. The average Bonchev–Trinajstić information content (AvgIpc) is 3.76. The molecule has 0 N–H and O–H groups in total. The molecule has 0 saturated heterocycles. The molecule has 0 fully saturated rings. The van der Waals surface area contributed by atoms with E-state index in [-0.39, 0.29) is 0 Å². The molecule has 2 aromatic heterocycles. The molecule has 13 rings (SSSR count). The number of hydrogen-bond acceptors (Lipinski definition) is 0. The van der Waals surface area contributed by atoms with E-state index in [1.165, 1.54) is 143 Å². The summed E-state index contributed by atoms with van der Waals surface area (Å²) in [6.07, 6.45) is 0. The number of benzene rings is 11. The Balaban J connectivity index is 1.04. The van der Waals surface area contributed by atoms with Crippen molar-refractivity contribution in [3.05, 3.63) is 217 Å². The molecule has 0 spiro atoms. The lowest BCUT2D eigenvalue weighted by atomic mass is 9.93. The Hall–Kier alpha value is -7.94. The fraction of sp³-hybridized carbons (Fsp3) is 0.0645. The number of nitrogens with zero attached hydrogens (tertiary/aromatic N) is 2. The van der Waals surface area contributed by atoms with Crippen LogP contribution >= 0.6 is 0 Å². The fourth-order valence-corrected chi connectivity index (χ4v) is 11.3. The summed E-state index contributed by atoms with van der Waals surface area (Å²) >= 11 is 0. The van der Waals surface area contributed by atoms with E-state index in [4.69, 9.17) is 0 Å². The van der Waals surface area contributed by atoms with Gasteiger partial charge in [-0.05, 0) is 116 Å². The van der Waals surface area contributed by atoms with Crippen LogP contribution < -0.4 is 0 Å². The molecule has 0 amide bonds. The second kappa shape index (κ2) is 13.8. The zero-order chi connectivity index (χ0) is 42.8. The number of fused-ring (bicyclic) bond motifs is 11. The summed E-state index contributed by atoms with van der Waals surface area (Å²) in [5.41, 5.74) is 15.1. The van der Waals surface area contributed by atoms with Gasteiger partial charge in [-0.25, -0.2) is 0 Å². The summed E-state index contributed by atoms with van der Waals surface area (Å²) in [7, 11) is 0. The van der Waals surface area contributed by atoms with Crippen LogP contribution in [0.25, 0.3) is 120 Å². The highest BCUT2D eigenvalue weighted by Gasteiger charge is 2.22. The minimum Gasteiger partial charge on any atom is -0.312 e. The van der Waals surface area contributed by atoms with E-state index >= 15 is 0 Å². The second-order valence-corrected chi connectivity index (χ2v) is 17.7. The molecular formula is C62H44N2. The molecule has 0 aliphatic rings. The quantitative estimate of drug-likeness (QED) is 0.157. The highest BCUT2D eigenvalue weighted by molar-refractivity contribution is 6.23. The van der Waals surface area contributed by atoms with Crippen molar-refractivity contribution < 1.29 is 0 Å². The maximum absolute atomic E-state index is 2.53. The molecule has 0 radical (unpaired) electrons. The van der Waals surface area contributed by atoms with Gasteiger partial charge in [-0.15, -0.1) is 0 Å². The van der Waals surface area contributed by atoms with Crippen LogP contribution in [-0.2, 0) is 0 Å². The number of hydrogen-bond donors (Lipinski definition) is 0. The van der Waals surface area contributed by atoms with Crippen molar-refractivity contribution in [3.8, 4) is 33.6 Å². The first-order valence-corrected chi connectivity index (χ1v) is 22.4. The van der Waals surface area contributed by atoms with Crippen molar-refractivity contribution in [3.63, 3.8) is 0 Å². The van der Waals surface area contributed by atoms with Gasteiger partial charge >= 0.3 is 0 Å². The Morgan fingerprint density at radius 3 is 1.00 bits per heavy atom.